The highest BCUT2D eigenvalue weighted by Crippen LogP contribution is 2.19. The van der Waals surface area contributed by atoms with Gasteiger partial charge in [0.1, 0.15) is 0 Å². The number of para-hydroxylation sites is 1. The molecule has 0 spiro atoms. The molecular weight excluding hydrogens is 274 g/mol. The van der Waals surface area contributed by atoms with E-state index in [1.54, 1.807) is 18.2 Å². The zero-order chi connectivity index (χ0) is 14.4. The van der Waals surface area contributed by atoms with Crippen molar-refractivity contribution in [2.24, 2.45) is 0 Å². The molecule has 0 saturated heterocycles. The maximum atomic E-state index is 12.5. The van der Waals surface area contributed by atoms with Gasteiger partial charge >= 0.3 is 0 Å². The second-order valence-electron chi connectivity index (χ2n) is 4.43. The molecular formula is C16H16ClNO2. The first-order chi connectivity index (χ1) is 9.72. The van der Waals surface area contributed by atoms with E-state index in [9.17, 15) is 9.90 Å². The van der Waals surface area contributed by atoms with E-state index in [0.717, 1.165) is 0 Å². The Balaban J connectivity index is 2.21. The van der Waals surface area contributed by atoms with Crippen molar-refractivity contribution in [1.82, 2.24) is 0 Å². The Labute approximate surface area is 123 Å². The second-order valence-corrected chi connectivity index (χ2v) is 4.74. The van der Waals surface area contributed by atoms with Gasteiger partial charge in [0, 0.05) is 23.4 Å². The van der Waals surface area contributed by atoms with Crippen molar-refractivity contribution in [1.29, 1.82) is 0 Å². The molecule has 0 aliphatic carbocycles. The van der Waals surface area contributed by atoms with Gasteiger partial charge in [-0.2, -0.15) is 0 Å². The Morgan fingerprint density at radius 3 is 2.45 bits per heavy atom. The number of hydrogen-bond acceptors (Lipinski definition) is 3. The minimum absolute atomic E-state index is 0.0472. The first kappa shape index (κ1) is 14.6. The van der Waals surface area contributed by atoms with Gasteiger partial charge in [-0.1, -0.05) is 42.5 Å². The molecule has 2 rings (SSSR count). The Kier molecular flexibility index (Phi) is 5.16. The summed E-state index contributed by atoms with van der Waals surface area (Å²) in [6, 6.07) is 16.4. The molecule has 2 aromatic rings. The van der Waals surface area contributed by atoms with Gasteiger partial charge in [-0.15, -0.1) is 11.6 Å². The van der Waals surface area contributed by atoms with Crippen molar-refractivity contribution in [3.8, 4) is 0 Å². The van der Waals surface area contributed by atoms with Gasteiger partial charge in [-0.3, -0.25) is 4.79 Å². The molecule has 0 aliphatic rings. The van der Waals surface area contributed by atoms with Gasteiger partial charge in [0.05, 0.1) is 12.0 Å². The summed E-state index contributed by atoms with van der Waals surface area (Å²) in [5.41, 5.74) is 1.92. The van der Waals surface area contributed by atoms with E-state index >= 15 is 0 Å². The lowest BCUT2D eigenvalue weighted by molar-refractivity contribution is 0.103. The molecule has 0 aromatic heterocycles. The van der Waals surface area contributed by atoms with Crippen LogP contribution in [0, 0.1) is 0 Å². The van der Waals surface area contributed by atoms with Gasteiger partial charge in [0.25, 0.3) is 0 Å². The molecule has 20 heavy (non-hydrogen) atoms. The Morgan fingerprint density at radius 2 is 1.75 bits per heavy atom. The lowest BCUT2D eigenvalue weighted by atomic mass is 10.0. The van der Waals surface area contributed by atoms with Crippen LogP contribution in [0.15, 0.2) is 54.6 Å². The van der Waals surface area contributed by atoms with Crippen molar-refractivity contribution in [2.45, 2.75) is 6.10 Å². The highest BCUT2D eigenvalue weighted by atomic mass is 35.5. The van der Waals surface area contributed by atoms with Crippen LogP contribution in [0.25, 0.3) is 0 Å². The number of rotatable bonds is 6. The molecule has 1 unspecified atom stereocenters. The van der Waals surface area contributed by atoms with Gasteiger partial charge in [-0.05, 0) is 12.1 Å². The molecule has 0 radical (unpaired) electrons. The maximum Gasteiger partial charge on any atom is 0.195 e. The standard InChI is InChI=1S/C16H16ClNO2/c17-10-13(19)11-18-15-9-5-4-8-14(15)16(20)12-6-2-1-3-7-12/h1-9,13,18-19H,10-11H2. The third-order valence-corrected chi connectivity index (χ3v) is 3.27. The topological polar surface area (TPSA) is 49.3 Å². The Morgan fingerprint density at radius 1 is 1.10 bits per heavy atom. The molecule has 1 atom stereocenters. The van der Waals surface area contributed by atoms with Crippen molar-refractivity contribution in [3.05, 3.63) is 65.7 Å². The quantitative estimate of drug-likeness (QED) is 0.635. The summed E-state index contributed by atoms with van der Waals surface area (Å²) in [4.78, 5) is 12.5. The molecule has 4 heteroatoms. The highest BCUT2D eigenvalue weighted by molar-refractivity contribution is 6.18. The average molecular weight is 290 g/mol. The van der Waals surface area contributed by atoms with E-state index in [4.69, 9.17) is 11.6 Å². The van der Waals surface area contributed by atoms with E-state index in [-0.39, 0.29) is 11.7 Å². The zero-order valence-electron chi connectivity index (χ0n) is 10.9. The van der Waals surface area contributed by atoms with Crippen molar-refractivity contribution >= 4 is 23.1 Å². The minimum Gasteiger partial charge on any atom is -0.390 e. The fourth-order valence-corrected chi connectivity index (χ4v) is 1.97. The number of halogens is 1. The van der Waals surface area contributed by atoms with E-state index in [0.29, 0.717) is 23.4 Å². The van der Waals surface area contributed by atoms with Crippen LogP contribution in [0.4, 0.5) is 5.69 Å². The summed E-state index contributed by atoms with van der Waals surface area (Å²) in [6.45, 7) is 0.308. The molecule has 0 fully saturated rings. The van der Waals surface area contributed by atoms with Crippen LogP contribution in [0.5, 0.6) is 0 Å². The number of alkyl halides is 1. The predicted octanol–water partition coefficient (Wildman–Crippen LogP) is 2.93. The third-order valence-electron chi connectivity index (χ3n) is 2.91. The second kappa shape index (κ2) is 7.08. The van der Waals surface area contributed by atoms with Crippen LogP contribution in [-0.4, -0.2) is 29.4 Å². The fourth-order valence-electron chi connectivity index (χ4n) is 1.86. The Hall–Kier alpha value is -1.84. The first-order valence-corrected chi connectivity index (χ1v) is 6.92. The summed E-state index contributed by atoms with van der Waals surface area (Å²) in [6.07, 6.45) is -0.642. The van der Waals surface area contributed by atoms with Gasteiger partial charge in [0.15, 0.2) is 5.78 Å². The SMILES string of the molecule is O=C(c1ccccc1)c1ccccc1NCC(O)CCl. The van der Waals surface area contributed by atoms with Gasteiger partial charge in [0.2, 0.25) is 0 Å². The molecule has 0 amide bonds. The molecule has 104 valence electrons. The number of aliphatic hydroxyl groups is 1. The molecule has 0 aliphatic heterocycles. The van der Waals surface area contributed by atoms with Crippen molar-refractivity contribution < 1.29 is 9.90 Å². The minimum atomic E-state index is -0.642. The van der Waals surface area contributed by atoms with Gasteiger partial charge < -0.3 is 10.4 Å². The van der Waals surface area contributed by atoms with Crippen LogP contribution < -0.4 is 5.32 Å². The normalized spacial score (nSPS) is 11.9. The lowest BCUT2D eigenvalue weighted by Gasteiger charge is -2.13. The van der Waals surface area contributed by atoms with Crippen molar-refractivity contribution in [2.75, 3.05) is 17.7 Å². The lowest BCUT2D eigenvalue weighted by Crippen LogP contribution is -2.21. The van der Waals surface area contributed by atoms with Crippen LogP contribution in [0.1, 0.15) is 15.9 Å². The van der Waals surface area contributed by atoms with Gasteiger partial charge in [-0.25, -0.2) is 0 Å². The monoisotopic (exact) mass is 289 g/mol. The molecule has 0 heterocycles. The van der Waals surface area contributed by atoms with Crippen molar-refractivity contribution in [3.63, 3.8) is 0 Å². The number of nitrogens with one attached hydrogen (secondary N) is 1. The number of benzene rings is 2. The summed E-state index contributed by atoms with van der Waals surface area (Å²) in [5, 5.41) is 12.5. The van der Waals surface area contributed by atoms with Crippen LogP contribution >= 0.6 is 11.6 Å². The number of hydrogen-bond donors (Lipinski definition) is 2. The number of carbonyl (C=O) groups excluding carboxylic acids is 1. The third kappa shape index (κ3) is 3.59. The smallest absolute Gasteiger partial charge is 0.195 e. The number of aliphatic hydroxyl groups excluding tert-OH is 1. The molecule has 2 N–H and O–H groups in total. The van der Waals surface area contributed by atoms with E-state index < -0.39 is 6.10 Å². The van der Waals surface area contributed by atoms with E-state index in [1.165, 1.54) is 0 Å². The zero-order valence-corrected chi connectivity index (χ0v) is 11.7. The van der Waals surface area contributed by atoms with Crippen LogP contribution in [-0.2, 0) is 0 Å². The molecule has 0 saturated carbocycles. The maximum absolute atomic E-state index is 12.5. The molecule has 0 bridgehead atoms. The van der Waals surface area contributed by atoms with E-state index in [2.05, 4.69) is 5.32 Å². The van der Waals surface area contributed by atoms with Crippen LogP contribution in [0.3, 0.4) is 0 Å². The first-order valence-electron chi connectivity index (χ1n) is 6.39. The molecule has 2 aromatic carbocycles. The number of anilines is 1. The largest absolute Gasteiger partial charge is 0.390 e. The number of ketones is 1. The Bertz CT molecular complexity index is 572. The summed E-state index contributed by atoms with van der Waals surface area (Å²) >= 11 is 5.56. The summed E-state index contributed by atoms with van der Waals surface area (Å²) in [5.74, 6) is 0.107. The predicted molar refractivity (Wildman–Crippen MR) is 81.5 cm³/mol. The number of carbonyl (C=O) groups is 1. The average Bonchev–Trinajstić information content (AvgIpc) is 2.53. The summed E-state index contributed by atoms with van der Waals surface area (Å²) < 4.78 is 0. The van der Waals surface area contributed by atoms with Crippen LogP contribution in [0.2, 0.25) is 0 Å². The van der Waals surface area contributed by atoms with E-state index in [1.807, 2.05) is 36.4 Å². The fraction of sp³-hybridized carbons (Fsp3) is 0.188. The summed E-state index contributed by atoms with van der Waals surface area (Å²) in [7, 11) is 0. The molecule has 3 nitrogen and oxygen atoms in total. The highest BCUT2D eigenvalue weighted by Gasteiger charge is 2.13.